The van der Waals surface area contributed by atoms with Crippen LogP contribution in [-0.4, -0.2) is 19.7 Å². The standard InChI is InChI=1S/C13H16BrNO/c14-11-6-9-3-5-16-13(9)12(7-11)10-2-1-4-15-8-10/h6-7,10,15H,1-5,8H2. The molecule has 0 saturated carbocycles. The maximum Gasteiger partial charge on any atom is 0.126 e. The van der Waals surface area contributed by atoms with Gasteiger partial charge in [-0.05, 0) is 42.6 Å². The van der Waals surface area contributed by atoms with Crippen molar-refractivity contribution < 1.29 is 4.74 Å². The van der Waals surface area contributed by atoms with Crippen LogP contribution in [0, 0.1) is 0 Å². The lowest BCUT2D eigenvalue weighted by Crippen LogP contribution is -2.28. The molecule has 0 amide bonds. The predicted octanol–water partition coefficient (Wildman–Crippen LogP) is 2.85. The molecule has 3 rings (SSSR count). The molecular formula is C13H16BrNO. The summed E-state index contributed by atoms with van der Waals surface area (Å²) in [6.45, 7) is 3.10. The van der Waals surface area contributed by atoms with Crippen LogP contribution in [0.2, 0.25) is 0 Å². The number of rotatable bonds is 1. The average Bonchev–Trinajstić information content (AvgIpc) is 2.77. The molecule has 0 bridgehead atoms. The van der Waals surface area contributed by atoms with Crippen LogP contribution in [0.15, 0.2) is 16.6 Å². The van der Waals surface area contributed by atoms with Crippen LogP contribution in [-0.2, 0) is 6.42 Å². The van der Waals surface area contributed by atoms with Crippen LogP contribution in [0.4, 0.5) is 0 Å². The average molecular weight is 282 g/mol. The van der Waals surface area contributed by atoms with Gasteiger partial charge < -0.3 is 10.1 Å². The van der Waals surface area contributed by atoms with E-state index in [4.69, 9.17) is 4.74 Å². The smallest absolute Gasteiger partial charge is 0.126 e. The molecular weight excluding hydrogens is 266 g/mol. The summed E-state index contributed by atoms with van der Waals surface area (Å²) in [4.78, 5) is 0. The van der Waals surface area contributed by atoms with Crippen molar-refractivity contribution in [3.8, 4) is 5.75 Å². The summed E-state index contributed by atoms with van der Waals surface area (Å²) < 4.78 is 6.98. The SMILES string of the molecule is Brc1cc2c(c(C3CCCNC3)c1)OCC2. The van der Waals surface area contributed by atoms with Gasteiger partial charge in [-0.1, -0.05) is 15.9 Å². The molecule has 0 aromatic heterocycles. The molecule has 0 radical (unpaired) electrons. The van der Waals surface area contributed by atoms with E-state index in [1.165, 1.54) is 28.4 Å². The molecule has 16 heavy (non-hydrogen) atoms. The summed E-state index contributed by atoms with van der Waals surface area (Å²) in [5.74, 6) is 1.79. The number of piperidine rings is 1. The molecule has 2 heterocycles. The molecule has 1 unspecified atom stereocenters. The second kappa shape index (κ2) is 4.38. The Hall–Kier alpha value is -0.540. The first-order chi connectivity index (χ1) is 7.84. The first-order valence-corrected chi connectivity index (χ1v) is 6.80. The van der Waals surface area contributed by atoms with E-state index in [0.29, 0.717) is 5.92 Å². The van der Waals surface area contributed by atoms with Gasteiger partial charge in [0, 0.05) is 23.4 Å². The van der Waals surface area contributed by atoms with E-state index in [9.17, 15) is 0 Å². The van der Waals surface area contributed by atoms with E-state index in [0.717, 1.165) is 31.9 Å². The van der Waals surface area contributed by atoms with Crippen LogP contribution in [0.1, 0.15) is 29.9 Å². The lowest BCUT2D eigenvalue weighted by Gasteiger charge is -2.24. The lowest BCUT2D eigenvalue weighted by molar-refractivity contribution is 0.346. The summed E-state index contributed by atoms with van der Waals surface area (Å²) in [7, 11) is 0. The van der Waals surface area contributed by atoms with E-state index in [2.05, 4.69) is 33.4 Å². The minimum Gasteiger partial charge on any atom is -0.493 e. The summed E-state index contributed by atoms with van der Waals surface area (Å²) in [6.07, 6.45) is 3.60. The van der Waals surface area contributed by atoms with Crippen molar-refractivity contribution in [2.24, 2.45) is 0 Å². The Morgan fingerprint density at radius 3 is 3.12 bits per heavy atom. The van der Waals surface area contributed by atoms with E-state index < -0.39 is 0 Å². The van der Waals surface area contributed by atoms with Gasteiger partial charge in [0.15, 0.2) is 0 Å². The molecule has 0 aliphatic carbocycles. The van der Waals surface area contributed by atoms with Crippen LogP contribution < -0.4 is 10.1 Å². The third-order valence-corrected chi connectivity index (χ3v) is 3.97. The Morgan fingerprint density at radius 2 is 2.31 bits per heavy atom. The van der Waals surface area contributed by atoms with Gasteiger partial charge in [0.1, 0.15) is 5.75 Å². The van der Waals surface area contributed by atoms with Crippen molar-refractivity contribution in [2.75, 3.05) is 19.7 Å². The fourth-order valence-electron chi connectivity index (χ4n) is 2.72. The molecule has 1 atom stereocenters. The van der Waals surface area contributed by atoms with E-state index in [1.807, 2.05) is 0 Å². The number of fused-ring (bicyclic) bond motifs is 1. The summed E-state index contributed by atoms with van der Waals surface area (Å²) in [5, 5.41) is 3.47. The first kappa shape index (κ1) is 10.6. The monoisotopic (exact) mass is 281 g/mol. The van der Waals surface area contributed by atoms with Gasteiger partial charge in [-0.25, -0.2) is 0 Å². The maximum absolute atomic E-state index is 5.79. The minimum absolute atomic E-state index is 0.623. The van der Waals surface area contributed by atoms with E-state index in [1.54, 1.807) is 0 Å². The maximum atomic E-state index is 5.79. The molecule has 1 aromatic rings. The van der Waals surface area contributed by atoms with Gasteiger partial charge in [-0.2, -0.15) is 0 Å². The minimum atomic E-state index is 0.623. The molecule has 2 aliphatic heterocycles. The second-order valence-electron chi connectivity index (χ2n) is 4.63. The summed E-state index contributed by atoms with van der Waals surface area (Å²) in [6, 6.07) is 4.43. The zero-order valence-electron chi connectivity index (χ0n) is 9.26. The third-order valence-electron chi connectivity index (χ3n) is 3.51. The van der Waals surface area contributed by atoms with Crippen LogP contribution in [0.3, 0.4) is 0 Å². The second-order valence-corrected chi connectivity index (χ2v) is 5.54. The highest BCUT2D eigenvalue weighted by Crippen LogP contribution is 2.39. The highest BCUT2D eigenvalue weighted by atomic mass is 79.9. The third kappa shape index (κ3) is 1.87. The number of nitrogens with one attached hydrogen (secondary N) is 1. The molecule has 2 aliphatic rings. The van der Waals surface area contributed by atoms with Crippen molar-refractivity contribution in [1.29, 1.82) is 0 Å². The Morgan fingerprint density at radius 1 is 1.38 bits per heavy atom. The number of hydrogen-bond acceptors (Lipinski definition) is 2. The van der Waals surface area contributed by atoms with Gasteiger partial charge >= 0.3 is 0 Å². The molecule has 1 aromatic carbocycles. The number of hydrogen-bond donors (Lipinski definition) is 1. The molecule has 1 saturated heterocycles. The van der Waals surface area contributed by atoms with E-state index >= 15 is 0 Å². The molecule has 2 nitrogen and oxygen atoms in total. The zero-order valence-corrected chi connectivity index (χ0v) is 10.8. The fraction of sp³-hybridized carbons (Fsp3) is 0.538. The largest absolute Gasteiger partial charge is 0.493 e. The molecule has 1 N–H and O–H groups in total. The fourth-order valence-corrected chi connectivity index (χ4v) is 3.24. The Balaban J connectivity index is 1.99. The first-order valence-electron chi connectivity index (χ1n) is 6.00. The van der Waals surface area contributed by atoms with Gasteiger partial charge in [0.25, 0.3) is 0 Å². The highest BCUT2D eigenvalue weighted by Gasteiger charge is 2.24. The van der Waals surface area contributed by atoms with E-state index in [-0.39, 0.29) is 0 Å². The highest BCUT2D eigenvalue weighted by molar-refractivity contribution is 9.10. The Kier molecular flexibility index (Phi) is 2.90. The molecule has 86 valence electrons. The van der Waals surface area contributed by atoms with Gasteiger partial charge in [0.2, 0.25) is 0 Å². The van der Waals surface area contributed by atoms with Gasteiger partial charge in [0.05, 0.1) is 6.61 Å². The predicted molar refractivity (Wildman–Crippen MR) is 68.2 cm³/mol. The van der Waals surface area contributed by atoms with Crippen molar-refractivity contribution in [1.82, 2.24) is 5.32 Å². The van der Waals surface area contributed by atoms with Crippen LogP contribution >= 0.6 is 15.9 Å². The number of halogens is 1. The normalized spacial score (nSPS) is 23.9. The van der Waals surface area contributed by atoms with Crippen molar-refractivity contribution >= 4 is 15.9 Å². The van der Waals surface area contributed by atoms with Crippen LogP contribution in [0.25, 0.3) is 0 Å². The van der Waals surface area contributed by atoms with Crippen LogP contribution in [0.5, 0.6) is 5.75 Å². The Bertz CT molecular complexity index is 399. The van der Waals surface area contributed by atoms with Gasteiger partial charge in [-0.3, -0.25) is 0 Å². The molecule has 0 spiro atoms. The number of benzene rings is 1. The zero-order chi connectivity index (χ0) is 11.0. The molecule has 3 heteroatoms. The Labute approximate surface area is 105 Å². The topological polar surface area (TPSA) is 21.3 Å². The van der Waals surface area contributed by atoms with Crippen molar-refractivity contribution in [3.63, 3.8) is 0 Å². The summed E-state index contributed by atoms with van der Waals surface area (Å²) in [5.41, 5.74) is 2.77. The lowest BCUT2D eigenvalue weighted by atomic mass is 9.90. The molecule has 1 fully saturated rings. The van der Waals surface area contributed by atoms with Gasteiger partial charge in [-0.15, -0.1) is 0 Å². The van der Waals surface area contributed by atoms with Crippen molar-refractivity contribution in [2.45, 2.75) is 25.2 Å². The summed E-state index contributed by atoms with van der Waals surface area (Å²) >= 11 is 3.61. The number of ether oxygens (including phenoxy) is 1. The van der Waals surface area contributed by atoms with Crippen molar-refractivity contribution in [3.05, 3.63) is 27.7 Å². The quantitative estimate of drug-likeness (QED) is 0.855.